The van der Waals surface area contributed by atoms with Crippen molar-refractivity contribution in [3.8, 4) is 5.88 Å². The van der Waals surface area contributed by atoms with Crippen LogP contribution < -0.4 is 10.1 Å². The first-order valence-electron chi connectivity index (χ1n) is 6.23. The van der Waals surface area contributed by atoms with Crippen LogP contribution in [0.5, 0.6) is 5.88 Å². The van der Waals surface area contributed by atoms with Crippen LogP contribution in [-0.2, 0) is 0 Å². The summed E-state index contributed by atoms with van der Waals surface area (Å²) in [6.07, 6.45) is -0.877. The molecule has 0 radical (unpaired) electrons. The Bertz CT molecular complexity index is 572. The number of aliphatic hydroxyl groups is 1. The summed E-state index contributed by atoms with van der Waals surface area (Å²) in [7, 11) is 1.51. The van der Waals surface area contributed by atoms with Crippen LogP contribution in [-0.4, -0.2) is 29.7 Å². The first-order valence-corrected chi connectivity index (χ1v) is 6.23. The van der Waals surface area contributed by atoms with Crippen molar-refractivity contribution >= 4 is 5.91 Å². The van der Waals surface area contributed by atoms with E-state index in [-0.39, 0.29) is 12.5 Å². The largest absolute Gasteiger partial charge is 0.481 e. The Morgan fingerprint density at radius 1 is 1.25 bits per heavy atom. The van der Waals surface area contributed by atoms with E-state index in [1.165, 1.54) is 7.11 Å². The summed E-state index contributed by atoms with van der Waals surface area (Å²) in [6, 6.07) is 14.0. The molecule has 5 nitrogen and oxygen atoms in total. The predicted octanol–water partition coefficient (Wildman–Crippen LogP) is 1.55. The number of nitrogens with one attached hydrogen (secondary N) is 1. The number of aliphatic hydroxyl groups excluding tert-OH is 1. The molecule has 0 bridgehead atoms. The zero-order valence-corrected chi connectivity index (χ0v) is 11.1. The van der Waals surface area contributed by atoms with Crippen LogP contribution in [0.4, 0.5) is 0 Å². The highest BCUT2D eigenvalue weighted by molar-refractivity contribution is 5.94. The topological polar surface area (TPSA) is 71.5 Å². The van der Waals surface area contributed by atoms with Gasteiger partial charge in [0, 0.05) is 18.2 Å². The molecule has 1 atom stereocenters. The third-order valence-electron chi connectivity index (χ3n) is 2.79. The maximum absolute atomic E-state index is 11.8. The van der Waals surface area contributed by atoms with E-state index in [9.17, 15) is 9.90 Å². The molecule has 0 saturated carbocycles. The lowest BCUT2D eigenvalue weighted by Crippen LogP contribution is -2.28. The fourth-order valence-electron chi connectivity index (χ4n) is 1.72. The fourth-order valence-corrected chi connectivity index (χ4v) is 1.72. The lowest BCUT2D eigenvalue weighted by Gasteiger charge is -2.12. The molecule has 20 heavy (non-hydrogen) atoms. The Morgan fingerprint density at radius 3 is 2.70 bits per heavy atom. The number of methoxy groups -OCH3 is 1. The van der Waals surface area contributed by atoms with Gasteiger partial charge in [-0.1, -0.05) is 24.3 Å². The van der Waals surface area contributed by atoms with Crippen LogP contribution in [0.1, 0.15) is 22.2 Å². The van der Waals surface area contributed by atoms with Crippen LogP contribution in [0, 0.1) is 0 Å². The second-order valence-electron chi connectivity index (χ2n) is 4.20. The van der Waals surface area contributed by atoms with Gasteiger partial charge < -0.3 is 15.2 Å². The summed E-state index contributed by atoms with van der Waals surface area (Å²) < 4.78 is 4.99. The van der Waals surface area contributed by atoms with E-state index in [2.05, 4.69) is 10.3 Å². The number of amides is 1. The van der Waals surface area contributed by atoms with Gasteiger partial charge in [0.05, 0.1) is 12.8 Å². The summed E-state index contributed by atoms with van der Waals surface area (Å²) in [6.45, 7) is 0.0912. The second kappa shape index (κ2) is 6.68. The zero-order chi connectivity index (χ0) is 14.4. The van der Waals surface area contributed by atoms with Crippen molar-refractivity contribution in [2.45, 2.75) is 6.10 Å². The van der Waals surface area contributed by atoms with Gasteiger partial charge in [-0.3, -0.25) is 4.79 Å². The van der Waals surface area contributed by atoms with Crippen molar-refractivity contribution in [3.05, 3.63) is 59.8 Å². The van der Waals surface area contributed by atoms with E-state index < -0.39 is 6.10 Å². The third kappa shape index (κ3) is 3.55. The van der Waals surface area contributed by atoms with Gasteiger partial charge in [0.2, 0.25) is 5.88 Å². The number of carbonyl (C=O) groups excluding carboxylic acids is 1. The van der Waals surface area contributed by atoms with Crippen molar-refractivity contribution in [2.75, 3.05) is 13.7 Å². The molecule has 0 spiro atoms. The van der Waals surface area contributed by atoms with Crippen LogP contribution in [0.2, 0.25) is 0 Å². The van der Waals surface area contributed by atoms with Gasteiger partial charge >= 0.3 is 0 Å². The average molecular weight is 272 g/mol. The van der Waals surface area contributed by atoms with Gasteiger partial charge in [-0.2, -0.15) is 0 Å². The average Bonchev–Trinajstić information content (AvgIpc) is 2.53. The predicted molar refractivity (Wildman–Crippen MR) is 74.5 cm³/mol. The van der Waals surface area contributed by atoms with Gasteiger partial charge in [0.15, 0.2) is 0 Å². The number of benzene rings is 1. The number of rotatable bonds is 5. The molecule has 0 aliphatic rings. The summed E-state index contributed by atoms with van der Waals surface area (Å²) >= 11 is 0. The van der Waals surface area contributed by atoms with E-state index in [0.717, 1.165) is 0 Å². The molecule has 0 fully saturated rings. The Labute approximate surface area is 117 Å². The minimum atomic E-state index is -0.877. The molecule has 1 aromatic heterocycles. The second-order valence-corrected chi connectivity index (χ2v) is 4.20. The summed E-state index contributed by atoms with van der Waals surface area (Å²) in [4.78, 5) is 16.0. The summed E-state index contributed by atoms with van der Waals surface area (Å²) in [5.41, 5.74) is 1.01. The van der Waals surface area contributed by atoms with Crippen molar-refractivity contribution < 1.29 is 14.6 Å². The van der Waals surface area contributed by atoms with E-state index >= 15 is 0 Å². The number of ether oxygens (including phenoxy) is 1. The lowest BCUT2D eigenvalue weighted by molar-refractivity contribution is 0.0914. The Morgan fingerprint density at radius 2 is 2.00 bits per heavy atom. The molecule has 1 heterocycles. The van der Waals surface area contributed by atoms with Crippen LogP contribution in [0.3, 0.4) is 0 Å². The Kier molecular flexibility index (Phi) is 4.68. The maximum Gasteiger partial charge on any atom is 0.251 e. The molecule has 2 aromatic rings. The molecular weight excluding hydrogens is 256 g/mol. The number of hydrogen-bond acceptors (Lipinski definition) is 4. The van der Waals surface area contributed by atoms with E-state index in [4.69, 9.17) is 4.74 Å². The van der Waals surface area contributed by atoms with Crippen molar-refractivity contribution in [1.29, 1.82) is 0 Å². The van der Waals surface area contributed by atoms with Crippen molar-refractivity contribution in [3.63, 3.8) is 0 Å². The third-order valence-corrected chi connectivity index (χ3v) is 2.79. The maximum atomic E-state index is 11.8. The number of carbonyl (C=O) groups is 1. The minimum absolute atomic E-state index is 0.0912. The summed E-state index contributed by atoms with van der Waals surface area (Å²) in [5.74, 6) is 0.198. The highest BCUT2D eigenvalue weighted by atomic mass is 16.5. The number of aromatic nitrogens is 1. The van der Waals surface area contributed by atoms with Crippen LogP contribution >= 0.6 is 0 Å². The van der Waals surface area contributed by atoms with E-state index in [1.807, 2.05) is 6.07 Å². The fraction of sp³-hybridized carbons (Fsp3) is 0.200. The lowest BCUT2D eigenvalue weighted by atomic mass is 10.2. The van der Waals surface area contributed by atoms with E-state index in [0.29, 0.717) is 17.1 Å². The summed E-state index contributed by atoms with van der Waals surface area (Å²) in [5, 5.41) is 12.7. The molecule has 1 unspecified atom stereocenters. The highest BCUT2D eigenvalue weighted by Crippen LogP contribution is 2.13. The van der Waals surface area contributed by atoms with Gasteiger partial charge in [-0.25, -0.2) is 4.98 Å². The van der Waals surface area contributed by atoms with Crippen molar-refractivity contribution in [2.24, 2.45) is 0 Å². The molecule has 1 aromatic carbocycles. The molecule has 0 aliphatic carbocycles. The molecule has 5 heteroatoms. The molecule has 1 amide bonds. The molecule has 2 rings (SSSR count). The quantitative estimate of drug-likeness (QED) is 0.866. The Hall–Kier alpha value is -2.40. The minimum Gasteiger partial charge on any atom is -0.481 e. The molecule has 2 N–H and O–H groups in total. The van der Waals surface area contributed by atoms with E-state index in [1.54, 1.807) is 42.5 Å². The molecule has 104 valence electrons. The number of pyridine rings is 1. The standard InChI is InChI=1S/C15H16N2O3/c1-20-14-9-5-8-12(17-14)13(18)10-16-15(19)11-6-3-2-4-7-11/h2-9,13,18H,10H2,1H3,(H,16,19). The van der Waals surface area contributed by atoms with Gasteiger partial charge in [-0.05, 0) is 18.2 Å². The van der Waals surface area contributed by atoms with Gasteiger partial charge in [0.1, 0.15) is 6.10 Å². The zero-order valence-electron chi connectivity index (χ0n) is 11.1. The van der Waals surface area contributed by atoms with Gasteiger partial charge in [0.25, 0.3) is 5.91 Å². The first kappa shape index (κ1) is 14.0. The monoisotopic (exact) mass is 272 g/mol. The highest BCUT2D eigenvalue weighted by Gasteiger charge is 2.12. The normalized spacial score (nSPS) is 11.7. The SMILES string of the molecule is COc1cccc(C(O)CNC(=O)c2ccccc2)n1. The molecule has 0 saturated heterocycles. The number of nitrogens with zero attached hydrogens (tertiary/aromatic N) is 1. The van der Waals surface area contributed by atoms with Gasteiger partial charge in [-0.15, -0.1) is 0 Å². The van der Waals surface area contributed by atoms with Crippen LogP contribution in [0.25, 0.3) is 0 Å². The van der Waals surface area contributed by atoms with Crippen LogP contribution in [0.15, 0.2) is 48.5 Å². The Balaban J connectivity index is 1.95. The molecular formula is C15H16N2O3. The smallest absolute Gasteiger partial charge is 0.251 e. The molecule has 0 aliphatic heterocycles. The first-order chi connectivity index (χ1) is 9.70. The van der Waals surface area contributed by atoms with Crippen molar-refractivity contribution in [1.82, 2.24) is 10.3 Å². The number of hydrogen-bond donors (Lipinski definition) is 2.